The number of fused-ring (bicyclic) bond motifs is 5. The van der Waals surface area contributed by atoms with Gasteiger partial charge in [0.05, 0.1) is 6.04 Å². The standard InChI is InChI=1S/C24H26N4O5/c29-22-3-1-2-19-16-8-15(12-28(19)22)11-26(13-16)24(31)25-17-9-23(30)27(14-17)18-4-5-20-21(10-18)33-7-6-32-20/h1-5,10,15-17H,6-9,11-14H2,(H,25,31). The van der Waals surface area contributed by atoms with Crippen LogP contribution in [0.1, 0.15) is 24.5 Å². The Morgan fingerprint density at radius 2 is 1.82 bits per heavy atom. The number of piperidine rings is 1. The topological polar surface area (TPSA) is 93.1 Å². The summed E-state index contributed by atoms with van der Waals surface area (Å²) in [6.45, 7) is 3.27. The fraction of sp³-hybridized carbons (Fsp3) is 0.458. The van der Waals surface area contributed by atoms with Crippen molar-refractivity contribution in [2.45, 2.75) is 31.3 Å². The summed E-state index contributed by atoms with van der Waals surface area (Å²) in [6.07, 6.45) is 1.26. The molecule has 0 radical (unpaired) electrons. The zero-order valence-corrected chi connectivity index (χ0v) is 18.2. The van der Waals surface area contributed by atoms with Gasteiger partial charge >= 0.3 is 6.03 Å². The minimum absolute atomic E-state index is 0.0270. The third-order valence-electron chi connectivity index (χ3n) is 7.06. The Hall–Kier alpha value is -3.49. The van der Waals surface area contributed by atoms with Gasteiger partial charge < -0.3 is 29.2 Å². The lowest BCUT2D eigenvalue weighted by atomic mass is 9.83. The normalized spacial score (nSPS) is 25.6. The summed E-state index contributed by atoms with van der Waals surface area (Å²) in [4.78, 5) is 41.5. The number of aromatic nitrogens is 1. The molecular formula is C24H26N4O5. The van der Waals surface area contributed by atoms with E-state index in [4.69, 9.17) is 9.47 Å². The van der Waals surface area contributed by atoms with Crippen molar-refractivity contribution in [3.63, 3.8) is 0 Å². The third kappa shape index (κ3) is 3.61. The van der Waals surface area contributed by atoms with E-state index in [1.807, 2.05) is 33.7 Å². The fourth-order valence-electron chi connectivity index (χ4n) is 5.58. The first-order valence-corrected chi connectivity index (χ1v) is 11.5. The van der Waals surface area contributed by atoms with Crippen molar-refractivity contribution in [3.05, 3.63) is 52.4 Å². The molecule has 1 aromatic carbocycles. The molecule has 6 rings (SSSR count). The number of carbonyl (C=O) groups excluding carboxylic acids is 2. The van der Waals surface area contributed by atoms with Gasteiger partial charge in [-0.25, -0.2) is 4.79 Å². The highest BCUT2D eigenvalue weighted by Gasteiger charge is 2.38. The molecule has 2 bridgehead atoms. The fourth-order valence-corrected chi connectivity index (χ4v) is 5.58. The van der Waals surface area contributed by atoms with Crippen LogP contribution in [0.5, 0.6) is 11.5 Å². The molecule has 3 unspecified atom stereocenters. The van der Waals surface area contributed by atoms with Gasteiger partial charge in [0.1, 0.15) is 13.2 Å². The van der Waals surface area contributed by atoms with Crippen molar-refractivity contribution < 1.29 is 19.1 Å². The second-order valence-corrected chi connectivity index (χ2v) is 9.29. The van der Waals surface area contributed by atoms with E-state index < -0.39 is 0 Å². The Morgan fingerprint density at radius 1 is 0.970 bits per heavy atom. The number of ether oxygens (including phenoxy) is 2. The molecule has 9 heteroatoms. The Balaban J connectivity index is 1.12. The summed E-state index contributed by atoms with van der Waals surface area (Å²) in [5.41, 5.74) is 1.79. The lowest BCUT2D eigenvalue weighted by molar-refractivity contribution is -0.117. The van der Waals surface area contributed by atoms with Crippen LogP contribution >= 0.6 is 0 Å². The maximum absolute atomic E-state index is 13.1. The summed E-state index contributed by atoms with van der Waals surface area (Å²) < 4.78 is 13.1. The van der Waals surface area contributed by atoms with Gasteiger partial charge in [0.15, 0.2) is 11.5 Å². The number of amides is 3. The molecule has 0 aliphatic carbocycles. The molecule has 172 valence electrons. The first-order chi connectivity index (χ1) is 16.0. The molecule has 2 saturated heterocycles. The van der Waals surface area contributed by atoms with Gasteiger partial charge in [-0.05, 0) is 30.5 Å². The Morgan fingerprint density at radius 3 is 2.70 bits per heavy atom. The lowest BCUT2D eigenvalue weighted by Gasteiger charge is -2.42. The number of urea groups is 1. The second-order valence-electron chi connectivity index (χ2n) is 9.29. The molecule has 3 atom stereocenters. The number of hydrogen-bond acceptors (Lipinski definition) is 5. The van der Waals surface area contributed by atoms with Crippen LogP contribution in [-0.4, -0.2) is 60.3 Å². The minimum Gasteiger partial charge on any atom is -0.486 e. The molecule has 2 aromatic rings. The van der Waals surface area contributed by atoms with Crippen LogP contribution in [0.3, 0.4) is 0 Å². The molecule has 4 aliphatic rings. The van der Waals surface area contributed by atoms with Crippen LogP contribution in [0.25, 0.3) is 0 Å². The van der Waals surface area contributed by atoms with E-state index in [2.05, 4.69) is 5.32 Å². The molecule has 2 fully saturated rings. The highest BCUT2D eigenvalue weighted by molar-refractivity contribution is 5.97. The molecule has 1 N–H and O–H groups in total. The molecule has 3 amide bonds. The molecule has 33 heavy (non-hydrogen) atoms. The molecular weight excluding hydrogens is 424 g/mol. The van der Waals surface area contributed by atoms with Crippen LogP contribution in [0, 0.1) is 5.92 Å². The smallest absolute Gasteiger partial charge is 0.317 e. The SMILES string of the molecule is O=C(NC1CC(=O)N(c2ccc3c(c2)OCCO3)C1)N1CC2CC(C1)c1cccc(=O)n1C2. The minimum atomic E-state index is -0.255. The molecule has 0 saturated carbocycles. The van der Waals surface area contributed by atoms with Gasteiger partial charge in [0, 0.05) is 62.0 Å². The predicted octanol–water partition coefficient (Wildman–Crippen LogP) is 1.55. The summed E-state index contributed by atoms with van der Waals surface area (Å²) in [5.74, 6) is 1.72. The van der Waals surface area contributed by atoms with Crippen molar-refractivity contribution in [1.82, 2.24) is 14.8 Å². The molecule has 4 aliphatic heterocycles. The van der Waals surface area contributed by atoms with Crippen LogP contribution in [0.2, 0.25) is 0 Å². The van der Waals surface area contributed by atoms with Crippen molar-refractivity contribution >= 4 is 17.6 Å². The highest BCUT2D eigenvalue weighted by Crippen LogP contribution is 2.36. The third-order valence-corrected chi connectivity index (χ3v) is 7.06. The Kier molecular flexibility index (Phi) is 4.78. The Bertz CT molecular complexity index is 1180. The van der Waals surface area contributed by atoms with Gasteiger partial charge in [-0.3, -0.25) is 9.59 Å². The van der Waals surface area contributed by atoms with Crippen molar-refractivity contribution in [3.8, 4) is 11.5 Å². The summed E-state index contributed by atoms with van der Waals surface area (Å²) in [7, 11) is 0. The number of pyridine rings is 1. The quantitative estimate of drug-likeness (QED) is 0.750. The maximum atomic E-state index is 13.1. The van der Waals surface area contributed by atoms with Crippen LogP contribution in [0.4, 0.5) is 10.5 Å². The zero-order valence-electron chi connectivity index (χ0n) is 18.2. The molecule has 1 aromatic heterocycles. The average molecular weight is 450 g/mol. The van der Waals surface area contributed by atoms with Gasteiger partial charge in [-0.2, -0.15) is 0 Å². The maximum Gasteiger partial charge on any atom is 0.317 e. The largest absolute Gasteiger partial charge is 0.486 e. The number of nitrogens with zero attached hydrogens (tertiary/aromatic N) is 3. The van der Waals surface area contributed by atoms with E-state index in [0.29, 0.717) is 50.9 Å². The van der Waals surface area contributed by atoms with Crippen LogP contribution in [-0.2, 0) is 11.3 Å². The highest BCUT2D eigenvalue weighted by atomic mass is 16.6. The van der Waals surface area contributed by atoms with Gasteiger partial charge in [0.25, 0.3) is 5.56 Å². The van der Waals surface area contributed by atoms with Gasteiger partial charge in [-0.1, -0.05) is 6.07 Å². The van der Waals surface area contributed by atoms with Crippen molar-refractivity contribution in [2.24, 2.45) is 5.92 Å². The zero-order chi connectivity index (χ0) is 22.5. The first-order valence-electron chi connectivity index (χ1n) is 11.5. The summed E-state index contributed by atoms with van der Waals surface area (Å²) in [5, 5.41) is 3.07. The predicted molar refractivity (Wildman–Crippen MR) is 120 cm³/mol. The second kappa shape index (κ2) is 7.83. The van der Waals surface area contributed by atoms with Gasteiger partial charge in [0.2, 0.25) is 5.91 Å². The summed E-state index contributed by atoms with van der Waals surface area (Å²) >= 11 is 0. The molecule has 9 nitrogen and oxygen atoms in total. The number of likely N-dealkylation sites (tertiary alicyclic amines) is 1. The number of hydrogen-bond donors (Lipinski definition) is 1. The van der Waals surface area contributed by atoms with E-state index in [0.717, 1.165) is 17.8 Å². The van der Waals surface area contributed by atoms with E-state index in [9.17, 15) is 14.4 Å². The first kappa shape index (κ1) is 20.1. The number of rotatable bonds is 2. The van der Waals surface area contributed by atoms with Crippen molar-refractivity contribution in [2.75, 3.05) is 37.7 Å². The summed E-state index contributed by atoms with van der Waals surface area (Å²) in [6, 6.07) is 10.5. The Labute approximate surface area is 190 Å². The van der Waals surface area contributed by atoms with Crippen LogP contribution < -0.4 is 25.2 Å². The molecule has 0 spiro atoms. The lowest BCUT2D eigenvalue weighted by Crippen LogP contribution is -2.53. The number of nitrogens with one attached hydrogen (secondary N) is 1. The number of benzene rings is 1. The van der Waals surface area contributed by atoms with Gasteiger partial charge in [-0.15, -0.1) is 0 Å². The van der Waals surface area contributed by atoms with E-state index in [1.54, 1.807) is 17.0 Å². The van der Waals surface area contributed by atoms with E-state index in [-0.39, 0.29) is 41.8 Å². The molecule has 5 heterocycles. The number of carbonyl (C=O) groups is 2. The number of anilines is 1. The van der Waals surface area contributed by atoms with E-state index >= 15 is 0 Å². The average Bonchev–Trinajstić information content (AvgIpc) is 3.19. The van der Waals surface area contributed by atoms with Crippen molar-refractivity contribution in [1.29, 1.82) is 0 Å². The van der Waals surface area contributed by atoms with Crippen LogP contribution in [0.15, 0.2) is 41.2 Å². The van der Waals surface area contributed by atoms with E-state index in [1.165, 1.54) is 0 Å². The monoisotopic (exact) mass is 450 g/mol.